The number of guanidine groups is 1. The molecule has 0 radical (unpaired) electrons. The summed E-state index contributed by atoms with van der Waals surface area (Å²) >= 11 is 0. The Balaban J connectivity index is 2.60. The Kier molecular flexibility index (Phi) is 3.78. The molecule has 0 aliphatic rings. The summed E-state index contributed by atoms with van der Waals surface area (Å²) in [5, 5.41) is 16.0. The molecule has 0 unspecified atom stereocenters. The maximum atomic E-state index is 9.95. The molecule has 0 bridgehead atoms. The van der Waals surface area contributed by atoms with E-state index >= 15 is 0 Å². The Morgan fingerprint density at radius 2 is 2.06 bits per heavy atom. The van der Waals surface area contributed by atoms with Crippen LogP contribution in [-0.2, 0) is 0 Å². The number of nitrogens with one attached hydrogen (secondary N) is 1. The van der Waals surface area contributed by atoms with E-state index in [0.29, 0.717) is 5.69 Å². The number of nitro groups is 1. The molecule has 5 N–H and O–H groups in total. The third-order valence-electron chi connectivity index (χ3n) is 1.51. The molecular weight excluding hydrogens is 212 g/mol. The molecule has 0 saturated heterocycles. The zero-order valence-electron chi connectivity index (χ0n) is 8.20. The lowest BCUT2D eigenvalue weighted by molar-refractivity contribution is -0.525. The number of anilines is 1. The molecule has 16 heavy (non-hydrogen) atoms. The van der Waals surface area contributed by atoms with Gasteiger partial charge in [0.25, 0.3) is 5.96 Å². The van der Waals surface area contributed by atoms with Gasteiger partial charge in [0.15, 0.2) is 5.03 Å². The largest absolute Gasteiger partial charge is 0.399 e. The second-order valence-electron chi connectivity index (χ2n) is 2.77. The molecule has 84 valence electrons. The lowest BCUT2D eigenvalue weighted by atomic mass is 10.2. The molecule has 0 amide bonds. The second kappa shape index (κ2) is 5.29. The van der Waals surface area contributed by atoms with Crippen LogP contribution in [0.5, 0.6) is 0 Å². The van der Waals surface area contributed by atoms with Gasteiger partial charge in [-0.1, -0.05) is 17.6 Å². The molecule has 0 spiro atoms. The lowest BCUT2D eigenvalue weighted by Gasteiger charge is -1.93. The fourth-order valence-corrected chi connectivity index (χ4v) is 0.856. The van der Waals surface area contributed by atoms with Gasteiger partial charge in [0.2, 0.25) is 0 Å². The highest BCUT2D eigenvalue weighted by molar-refractivity contribution is 5.82. The first kappa shape index (κ1) is 11.4. The van der Waals surface area contributed by atoms with E-state index in [0.717, 1.165) is 5.56 Å². The summed E-state index contributed by atoms with van der Waals surface area (Å²) < 4.78 is 0. The quantitative estimate of drug-likeness (QED) is 0.212. The third-order valence-corrected chi connectivity index (χ3v) is 1.51. The van der Waals surface area contributed by atoms with E-state index < -0.39 is 11.0 Å². The predicted octanol–water partition coefficient (Wildman–Crippen LogP) is -0.301. The molecule has 0 fully saturated rings. The highest BCUT2D eigenvalue weighted by Crippen LogP contribution is 2.02. The van der Waals surface area contributed by atoms with Gasteiger partial charge in [0.1, 0.15) is 0 Å². The summed E-state index contributed by atoms with van der Waals surface area (Å²) in [6.45, 7) is 0. The average Bonchev–Trinajstić information content (AvgIpc) is 2.20. The molecule has 0 atom stereocenters. The minimum Gasteiger partial charge on any atom is -0.399 e. The Bertz CT molecular complexity index is 425. The van der Waals surface area contributed by atoms with Gasteiger partial charge in [0, 0.05) is 5.69 Å². The highest BCUT2D eigenvalue weighted by Gasteiger charge is 1.96. The van der Waals surface area contributed by atoms with Crippen molar-refractivity contribution in [2.24, 2.45) is 15.9 Å². The first-order valence-corrected chi connectivity index (χ1v) is 4.21. The molecule has 8 heteroatoms. The zero-order chi connectivity index (χ0) is 12.0. The van der Waals surface area contributed by atoms with E-state index in [9.17, 15) is 10.1 Å². The van der Waals surface area contributed by atoms with Crippen molar-refractivity contribution in [3.05, 3.63) is 39.9 Å². The van der Waals surface area contributed by atoms with E-state index in [2.05, 4.69) is 10.2 Å². The number of nitrogens with two attached hydrogens (primary N) is 2. The number of hydrogen-bond donors (Lipinski definition) is 3. The van der Waals surface area contributed by atoms with Gasteiger partial charge < -0.3 is 11.5 Å². The first-order valence-electron chi connectivity index (χ1n) is 4.21. The van der Waals surface area contributed by atoms with Crippen LogP contribution in [0.2, 0.25) is 0 Å². The van der Waals surface area contributed by atoms with E-state index in [1.165, 1.54) is 6.21 Å². The summed E-state index contributed by atoms with van der Waals surface area (Å²) in [5.74, 6) is -0.392. The van der Waals surface area contributed by atoms with E-state index in [4.69, 9.17) is 11.5 Å². The smallest absolute Gasteiger partial charge is 0.275 e. The normalized spacial score (nSPS) is 11.6. The fraction of sp³-hybridized carbons (Fsp3) is 0. The van der Waals surface area contributed by atoms with Crippen molar-refractivity contribution in [3.8, 4) is 0 Å². The van der Waals surface area contributed by atoms with Gasteiger partial charge in [-0.05, 0) is 17.7 Å². The standard InChI is InChI=1S/C8H10N6O2/c9-7-3-1-6(2-4-7)5-11-12-8(10)13-14(15)16/h1-5H,9H2,(H3,10,12,13)/b11-5+. The Labute approximate surface area is 90.8 Å². The molecule has 0 aliphatic carbocycles. The van der Waals surface area contributed by atoms with Crippen molar-refractivity contribution in [1.82, 2.24) is 5.43 Å². The SMILES string of the molecule is N/C(=N/N=C/c1ccc(N)cc1)N[N+](=O)[O-]. The van der Waals surface area contributed by atoms with E-state index in [-0.39, 0.29) is 0 Å². The first-order chi connectivity index (χ1) is 7.58. The van der Waals surface area contributed by atoms with Crippen LogP contribution in [0, 0.1) is 10.1 Å². The molecule has 0 saturated carbocycles. The molecule has 1 aromatic carbocycles. The van der Waals surface area contributed by atoms with Crippen molar-refractivity contribution in [2.75, 3.05) is 5.73 Å². The highest BCUT2D eigenvalue weighted by atomic mass is 16.7. The molecule has 1 rings (SSSR count). The van der Waals surface area contributed by atoms with Crippen molar-refractivity contribution < 1.29 is 5.03 Å². The average molecular weight is 222 g/mol. The second-order valence-corrected chi connectivity index (χ2v) is 2.77. The number of hydrazine groups is 1. The lowest BCUT2D eigenvalue weighted by Crippen LogP contribution is -2.35. The van der Waals surface area contributed by atoms with Crippen LogP contribution in [0.4, 0.5) is 5.69 Å². The predicted molar refractivity (Wildman–Crippen MR) is 60.2 cm³/mol. The van der Waals surface area contributed by atoms with Crippen molar-refractivity contribution in [1.29, 1.82) is 0 Å². The summed E-state index contributed by atoms with van der Waals surface area (Å²) in [7, 11) is 0. The molecule has 0 heterocycles. The molecular formula is C8H10N6O2. The van der Waals surface area contributed by atoms with Gasteiger partial charge in [0.05, 0.1) is 6.21 Å². The number of nitrogen functional groups attached to an aromatic ring is 1. The third kappa shape index (κ3) is 4.05. The Morgan fingerprint density at radius 1 is 1.44 bits per heavy atom. The minimum atomic E-state index is -0.822. The molecule has 0 aliphatic heterocycles. The van der Waals surface area contributed by atoms with Gasteiger partial charge >= 0.3 is 0 Å². The van der Waals surface area contributed by atoms with Crippen LogP contribution in [0.25, 0.3) is 0 Å². The summed E-state index contributed by atoms with van der Waals surface area (Å²) in [5.41, 5.74) is 13.7. The summed E-state index contributed by atoms with van der Waals surface area (Å²) in [4.78, 5) is 9.95. The van der Waals surface area contributed by atoms with Crippen LogP contribution in [0.15, 0.2) is 34.5 Å². The number of hydrogen-bond acceptors (Lipinski definition) is 5. The summed E-state index contributed by atoms with van der Waals surface area (Å²) in [6, 6.07) is 6.85. The van der Waals surface area contributed by atoms with Crippen LogP contribution >= 0.6 is 0 Å². The molecule has 1 aromatic rings. The van der Waals surface area contributed by atoms with Gasteiger partial charge in [-0.15, -0.1) is 5.10 Å². The van der Waals surface area contributed by atoms with Gasteiger partial charge in [-0.3, -0.25) is 0 Å². The van der Waals surface area contributed by atoms with Crippen molar-refractivity contribution in [2.45, 2.75) is 0 Å². The zero-order valence-corrected chi connectivity index (χ0v) is 8.20. The fourth-order valence-electron chi connectivity index (χ4n) is 0.856. The van der Waals surface area contributed by atoms with Crippen molar-refractivity contribution >= 4 is 17.9 Å². The monoisotopic (exact) mass is 222 g/mol. The number of benzene rings is 1. The van der Waals surface area contributed by atoms with E-state index in [1.54, 1.807) is 29.7 Å². The van der Waals surface area contributed by atoms with Gasteiger partial charge in [-0.2, -0.15) is 5.10 Å². The Hall–Kier alpha value is -2.64. The van der Waals surface area contributed by atoms with Crippen LogP contribution < -0.4 is 16.9 Å². The topological polar surface area (TPSA) is 132 Å². The maximum Gasteiger partial charge on any atom is 0.275 e. The van der Waals surface area contributed by atoms with Gasteiger partial charge in [-0.25, -0.2) is 10.1 Å². The van der Waals surface area contributed by atoms with E-state index in [1.807, 2.05) is 0 Å². The van der Waals surface area contributed by atoms with Crippen LogP contribution in [0.1, 0.15) is 5.56 Å². The summed E-state index contributed by atoms with van der Waals surface area (Å²) in [6.07, 6.45) is 1.40. The van der Waals surface area contributed by atoms with Crippen molar-refractivity contribution in [3.63, 3.8) is 0 Å². The maximum absolute atomic E-state index is 9.95. The van der Waals surface area contributed by atoms with Crippen LogP contribution in [0.3, 0.4) is 0 Å². The molecule has 0 aromatic heterocycles. The Morgan fingerprint density at radius 3 is 2.62 bits per heavy atom. The molecule has 8 nitrogen and oxygen atoms in total. The van der Waals surface area contributed by atoms with Crippen LogP contribution in [-0.4, -0.2) is 17.2 Å². The number of rotatable bonds is 3. The minimum absolute atomic E-state index is 0.392. The number of nitrogens with zero attached hydrogens (tertiary/aromatic N) is 3.